The number of rotatable bonds is 3. The SMILES string of the molecule is Cc1cc(CNC(=O)C2CCC2)on1. The van der Waals surface area contributed by atoms with Crippen LogP contribution in [0.5, 0.6) is 0 Å². The summed E-state index contributed by atoms with van der Waals surface area (Å²) in [4.78, 5) is 11.4. The van der Waals surface area contributed by atoms with E-state index < -0.39 is 0 Å². The lowest BCUT2D eigenvalue weighted by Crippen LogP contribution is -2.33. The molecule has 1 saturated carbocycles. The van der Waals surface area contributed by atoms with Gasteiger partial charge in [0.05, 0.1) is 12.2 Å². The van der Waals surface area contributed by atoms with Gasteiger partial charge in [0.25, 0.3) is 0 Å². The Hall–Kier alpha value is -1.32. The van der Waals surface area contributed by atoms with Crippen LogP contribution in [0.25, 0.3) is 0 Å². The van der Waals surface area contributed by atoms with Crippen LogP contribution in [-0.2, 0) is 11.3 Å². The molecule has 1 aromatic rings. The first-order chi connectivity index (χ1) is 6.75. The van der Waals surface area contributed by atoms with Crippen molar-refractivity contribution in [2.75, 3.05) is 0 Å². The zero-order chi connectivity index (χ0) is 9.97. The first-order valence-corrected chi connectivity index (χ1v) is 4.95. The van der Waals surface area contributed by atoms with Gasteiger partial charge < -0.3 is 9.84 Å². The van der Waals surface area contributed by atoms with Gasteiger partial charge in [-0.15, -0.1) is 0 Å². The summed E-state index contributed by atoms with van der Waals surface area (Å²) in [6, 6.07) is 1.83. The maximum Gasteiger partial charge on any atom is 0.223 e. The van der Waals surface area contributed by atoms with Crippen LogP contribution in [0.2, 0.25) is 0 Å². The molecule has 0 aromatic carbocycles. The molecule has 1 heterocycles. The molecule has 4 nitrogen and oxygen atoms in total. The van der Waals surface area contributed by atoms with Crippen LogP contribution in [-0.4, -0.2) is 11.1 Å². The number of hydrogen-bond acceptors (Lipinski definition) is 3. The minimum atomic E-state index is 0.144. The highest BCUT2D eigenvalue weighted by Gasteiger charge is 2.24. The maximum absolute atomic E-state index is 11.4. The largest absolute Gasteiger partial charge is 0.359 e. The third-order valence-electron chi connectivity index (χ3n) is 2.59. The Morgan fingerprint density at radius 3 is 3.00 bits per heavy atom. The van der Waals surface area contributed by atoms with Crippen molar-refractivity contribution in [1.29, 1.82) is 0 Å². The van der Waals surface area contributed by atoms with Gasteiger partial charge in [0.2, 0.25) is 5.91 Å². The topological polar surface area (TPSA) is 55.1 Å². The van der Waals surface area contributed by atoms with E-state index in [4.69, 9.17) is 4.52 Å². The highest BCUT2D eigenvalue weighted by Crippen LogP contribution is 2.26. The molecule has 1 N–H and O–H groups in total. The van der Waals surface area contributed by atoms with E-state index in [9.17, 15) is 4.79 Å². The fourth-order valence-corrected chi connectivity index (χ4v) is 1.49. The number of carbonyl (C=O) groups excluding carboxylic acids is 1. The number of carbonyl (C=O) groups is 1. The summed E-state index contributed by atoms with van der Waals surface area (Å²) in [5, 5.41) is 6.59. The van der Waals surface area contributed by atoms with Crippen LogP contribution in [0.4, 0.5) is 0 Å². The lowest BCUT2D eigenvalue weighted by atomic mass is 9.85. The number of nitrogens with zero attached hydrogens (tertiary/aromatic N) is 1. The van der Waals surface area contributed by atoms with Crippen molar-refractivity contribution in [3.8, 4) is 0 Å². The van der Waals surface area contributed by atoms with Crippen LogP contribution < -0.4 is 5.32 Å². The lowest BCUT2D eigenvalue weighted by molar-refractivity contribution is -0.127. The van der Waals surface area contributed by atoms with Gasteiger partial charge >= 0.3 is 0 Å². The van der Waals surface area contributed by atoms with Gasteiger partial charge in [0.1, 0.15) is 0 Å². The summed E-state index contributed by atoms with van der Waals surface area (Å²) in [5.41, 5.74) is 0.845. The minimum Gasteiger partial charge on any atom is -0.359 e. The smallest absolute Gasteiger partial charge is 0.223 e. The molecular weight excluding hydrogens is 180 g/mol. The van der Waals surface area contributed by atoms with Gasteiger partial charge in [-0.1, -0.05) is 11.6 Å². The number of nitrogens with one attached hydrogen (secondary N) is 1. The molecule has 2 rings (SSSR count). The predicted molar refractivity (Wildman–Crippen MR) is 50.4 cm³/mol. The molecule has 14 heavy (non-hydrogen) atoms. The van der Waals surface area contributed by atoms with Crippen molar-refractivity contribution in [2.45, 2.75) is 32.7 Å². The van der Waals surface area contributed by atoms with Crippen LogP contribution in [0, 0.1) is 12.8 Å². The van der Waals surface area contributed by atoms with E-state index in [0.29, 0.717) is 6.54 Å². The zero-order valence-corrected chi connectivity index (χ0v) is 8.25. The summed E-state index contributed by atoms with van der Waals surface area (Å²) < 4.78 is 4.98. The van der Waals surface area contributed by atoms with Crippen molar-refractivity contribution < 1.29 is 9.32 Å². The summed E-state index contributed by atoms with van der Waals surface area (Å²) in [7, 11) is 0. The number of amides is 1. The molecule has 0 aliphatic heterocycles. The molecule has 1 aliphatic carbocycles. The van der Waals surface area contributed by atoms with Crippen LogP contribution in [0.3, 0.4) is 0 Å². The highest BCUT2D eigenvalue weighted by atomic mass is 16.5. The molecule has 0 unspecified atom stereocenters. The molecule has 0 spiro atoms. The molecule has 1 fully saturated rings. The summed E-state index contributed by atoms with van der Waals surface area (Å²) in [6.07, 6.45) is 3.24. The molecular formula is C10H14N2O2. The standard InChI is InChI=1S/C10H14N2O2/c1-7-5-9(14-12-7)6-11-10(13)8-3-2-4-8/h5,8H,2-4,6H2,1H3,(H,11,13). The van der Waals surface area contributed by atoms with E-state index in [2.05, 4.69) is 10.5 Å². The fraction of sp³-hybridized carbons (Fsp3) is 0.600. The highest BCUT2D eigenvalue weighted by molar-refractivity contribution is 5.79. The molecule has 1 amide bonds. The van der Waals surface area contributed by atoms with Crippen molar-refractivity contribution in [1.82, 2.24) is 10.5 Å². The Kier molecular flexibility index (Phi) is 2.52. The van der Waals surface area contributed by atoms with E-state index in [1.165, 1.54) is 6.42 Å². The third-order valence-corrected chi connectivity index (χ3v) is 2.59. The average molecular weight is 194 g/mol. The second kappa shape index (κ2) is 3.82. The molecule has 0 radical (unpaired) electrons. The van der Waals surface area contributed by atoms with Crippen molar-refractivity contribution in [3.05, 3.63) is 17.5 Å². The van der Waals surface area contributed by atoms with Crippen LogP contribution in [0.1, 0.15) is 30.7 Å². The monoisotopic (exact) mass is 194 g/mol. The Bertz CT molecular complexity index is 329. The first-order valence-electron chi connectivity index (χ1n) is 4.95. The first kappa shape index (κ1) is 9.24. The van der Waals surface area contributed by atoms with E-state index in [-0.39, 0.29) is 11.8 Å². The predicted octanol–water partition coefficient (Wildman–Crippen LogP) is 1.40. The average Bonchev–Trinajstić information content (AvgIpc) is 2.45. The molecule has 0 atom stereocenters. The van der Waals surface area contributed by atoms with Crippen LogP contribution >= 0.6 is 0 Å². The Morgan fingerprint density at radius 1 is 1.71 bits per heavy atom. The molecule has 1 aromatic heterocycles. The summed E-state index contributed by atoms with van der Waals surface area (Å²) >= 11 is 0. The van der Waals surface area contributed by atoms with Gasteiger partial charge in [0, 0.05) is 12.0 Å². The number of aryl methyl sites for hydroxylation is 1. The van der Waals surface area contributed by atoms with Gasteiger partial charge in [-0.25, -0.2) is 0 Å². The zero-order valence-electron chi connectivity index (χ0n) is 8.25. The third kappa shape index (κ3) is 1.95. The summed E-state index contributed by atoms with van der Waals surface area (Å²) in [6.45, 7) is 2.32. The Labute approximate surface area is 82.7 Å². The molecule has 0 saturated heterocycles. The van der Waals surface area contributed by atoms with Gasteiger partial charge in [-0.2, -0.15) is 0 Å². The van der Waals surface area contributed by atoms with E-state index in [0.717, 1.165) is 24.3 Å². The second-order valence-corrected chi connectivity index (χ2v) is 3.78. The van der Waals surface area contributed by atoms with Gasteiger partial charge in [0.15, 0.2) is 5.76 Å². The molecule has 76 valence electrons. The van der Waals surface area contributed by atoms with Crippen molar-refractivity contribution in [3.63, 3.8) is 0 Å². The van der Waals surface area contributed by atoms with Gasteiger partial charge in [-0.05, 0) is 19.8 Å². The number of hydrogen-bond donors (Lipinski definition) is 1. The Morgan fingerprint density at radius 2 is 2.50 bits per heavy atom. The van der Waals surface area contributed by atoms with Crippen LogP contribution in [0.15, 0.2) is 10.6 Å². The fourth-order valence-electron chi connectivity index (χ4n) is 1.49. The maximum atomic E-state index is 11.4. The Balaban J connectivity index is 1.79. The van der Waals surface area contributed by atoms with Crippen molar-refractivity contribution in [2.24, 2.45) is 5.92 Å². The molecule has 1 aliphatic rings. The van der Waals surface area contributed by atoms with E-state index >= 15 is 0 Å². The number of aromatic nitrogens is 1. The molecule has 4 heteroatoms. The lowest BCUT2D eigenvalue weighted by Gasteiger charge is -2.23. The van der Waals surface area contributed by atoms with E-state index in [1.54, 1.807) is 0 Å². The van der Waals surface area contributed by atoms with E-state index in [1.807, 2.05) is 13.0 Å². The second-order valence-electron chi connectivity index (χ2n) is 3.78. The summed E-state index contributed by atoms with van der Waals surface area (Å²) in [5.74, 6) is 1.10. The normalized spacial score (nSPS) is 16.4. The van der Waals surface area contributed by atoms with Gasteiger partial charge in [-0.3, -0.25) is 4.79 Å². The molecule has 0 bridgehead atoms. The van der Waals surface area contributed by atoms with Crippen molar-refractivity contribution >= 4 is 5.91 Å². The quantitative estimate of drug-likeness (QED) is 0.791. The minimum absolute atomic E-state index is 0.144.